The van der Waals surface area contributed by atoms with E-state index in [4.69, 9.17) is 9.47 Å². The van der Waals surface area contributed by atoms with Gasteiger partial charge in [-0.25, -0.2) is 4.79 Å². The first kappa shape index (κ1) is 23.6. The number of nitrogens with one attached hydrogen (secondary N) is 1. The van der Waals surface area contributed by atoms with E-state index in [-0.39, 0.29) is 18.9 Å². The number of hydrogen-bond acceptors (Lipinski definition) is 5. The van der Waals surface area contributed by atoms with Crippen LogP contribution in [0.5, 0.6) is 5.75 Å². The fourth-order valence-electron chi connectivity index (χ4n) is 4.01. The van der Waals surface area contributed by atoms with Gasteiger partial charge in [-0.05, 0) is 56.0 Å². The zero-order chi connectivity index (χ0) is 24.1. The topological polar surface area (TPSA) is 69.6 Å². The second kappa shape index (κ2) is 10.6. The number of para-hydroxylation sites is 1. The Kier molecular flexibility index (Phi) is 7.33. The predicted molar refractivity (Wildman–Crippen MR) is 137 cm³/mol. The molecule has 2 aromatic heterocycles. The number of carbonyl (C=O) groups excluding carboxylic acids is 2. The minimum atomic E-state index is -0.442. The summed E-state index contributed by atoms with van der Waals surface area (Å²) in [5.74, 6) is 0.174. The van der Waals surface area contributed by atoms with Crippen LogP contribution in [0.2, 0.25) is 0 Å². The summed E-state index contributed by atoms with van der Waals surface area (Å²) in [7, 11) is 0. The molecule has 0 aliphatic rings. The lowest BCUT2D eigenvalue weighted by molar-refractivity contribution is -0.116. The Balaban J connectivity index is 1.57. The molecule has 2 aromatic carbocycles. The van der Waals surface area contributed by atoms with Gasteiger partial charge in [0, 0.05) is 35.1 Å². The van der Waals surface area contributed by atoms with Crippen molar-refractivity contribution in [3.8, 4) is 16.9 Å². The number of hydrogen-bond donors (Lipinski definition) is 1. The van der Waals surface area contributed by atoms with Crippen LogP contribution in [0.4, 0.5) is 5.00 Å². The first-order chi connectivity index (χ1) is 16.5. The highest BCUT2D eigenvalue weighted by Gasteiger charge is 2.25. The van der Waals surface area contributed by atoms with Gasteiger partial charge in [-0.1, -0.05) is 30.3 Å². The standard InChI is InChI=1S/C27H28N2O4S/c1-4-32-21-12-10-20(11-13-21)24-18(3)34-26(25(24)27(31)33-5-2)28-23(30)15-17-29-16-14-19-8-6-7-9-22(19)29/h6-14,16H,4-5,15,17H2,1-3H3,(H,28,30). The molecule has 0 aliphatic carbocycles. The molecule has 0 aliphatic heterocycles. The zero-order valence-electron chi connectivity index (χ0n) is 19.6. The first-order valence-electron chi connectivity index (χ1n) is 11.4. The quantitative estimate of drug-likeness (QED) is 0.289. The van der Waals surface area contributed by atoms with Gasteiger partial charge in [0.25, 0.3) is 0 Å². The van der Waals surface area contributed by atoms with Crippen LogP contribution in [0.3, 0.4) is 0 Å². The molecule has 176 valence electrons. The van der Waals surface area contributed by atoms with Crippen molar-refractivity contribution in [2.24, 2.45) is 0 Å². The Labute approximate surface area is 203 Å². The zero-order valence-corrected chi connectivity index (χ0v) is 20.4. The van der Waals surface area contributed by atoms with Gasteiger partial charge in [0.15, 0.2) is 0 Å². The molecule has 0 fully saturated rings. The highest BCUT2D eigenvalue weighted by Crippen LogP contribution is 2.41. The van der Waals surface area contributed by atoms with Gasteiger partial charge in [-0.2, -0.15) is 0 Å². The largest absolute Gasteiger partial charge is 0.494 e. The maximum absolute atomic E-state index is 12.9. The molecular formula is C27H28N2O4S. The minimum absolute atomic E-state index is 0.150. The van der Waals surface area contributed by atoms with Crippen molar-refractivity contribution in [3.05, 3.63) is 71.2 Å². The number of anilines is 1. The van der Waals surface area contributed by atoms with E-state index < -0.39 is 5.97 Å². The Morgan fingerprint density at radius 2 is 1.76 bits per heavy atom. The monoisotopic (exact) mass is 476 g/mol. The lowest BCUT2D eigenvalue weighted by atomic mass is 10.0. The molecule has 0 atom stereocenters. The molecule has 0 saturated heterocycles. The number of fused-ring (bicyclic) bond motifs is 1. The van der Waals surface area contributed by atoms with Crippen LogP contribution in [0.25, 0.3) is 22.0 Å². The Morgan fingerprint density at radius 3 is 2.50 bits per heavy atom. The van der Waals surface area contributed by atoms with Crippen molar-refractivity contribution in [1.29, 1.82) is 0 Å². The number of carbonyl (C=O) groups is 2. The number of esters is 1. The average Bonchev–Trinajstić information content (AvgIpc) is 3.39. The van der Waals surface area contributed by atoms with E-state index in [1.54, 1.807) is 6.92 Å². The normalized spacial score (nSPS) is 10.9. The lowest BCUT2D eigenvalue weighted by Crippen LogP contribution is -2.16. The van der Waals surface area contributed by atoms with Crippen LogP contribution in [0, 0.1) is 6.92 Å². The van der Waals surface area contributed by atoms with E-state index in [0.717, 1.165) is 32.7 Å². The van der Waals surface area contributed by atoms with Gasteiger partial charge in [0.1, 0.15) is 16.3 Å². The molecule has 0 saturated carbocycles. The van der Waals surface area contributed by atoms with Crippen LogP contribution < -0.4 is 10.1 Å². The molecule has 4 aromatic rings. The molecule has 4 rings (SSSR count). The smallest absolute Gasteiger partial charge is 0.341 e. The molecule has 1 N–H and O–H groups in total. The summed E-state index contributed by atoms with van der Waals surface area (Å²) in [6.45, 7) is 7.03. The van der Waals surface area contributed by atoms with Gasteiger partial charge in [-0.3, -0.25) is 4.79 Å². The number of aryl methyl sites for hydroxylation is 2. The third-order valence-electron chi connectivity index (χ3n) is 5.53. The summed E-state index contributed by atoms with van der Waals surface area (Å²) < 4.78 is 12.9. The van der Waals surface area contributed by atoms with Crippen LogP contribution in [-0.4, -0.2) is 29.7 Å². The van der Waals surface area contributed by atoms with Crippen molar-refractivity contribution in [2.45, 2.75) is 33.7 Å². The number of thiophene rings is 1. The summed E-state index contributed by atoms with van der Waals surface area (Å²) in [5, 5.41) is 4.62. The summed E-state index contributed by atoms with van der Waals surface area (Å²) in [5.41, 5.74) is 3.14. The SMILES string of the molecule is CCOC(=O)c1c(NC(=O)CCn2ccc3ccccc32)sc(C)c1-c1ccc(OCC)cc1. The van der Waals surface area contributed by atoms with E-state index in [2.05, 4.69) is 9.88 Å². The predicted octanol–water partition coefficient (Wildman–Crippen LogP) is 6.28. The van der Waals surface area contributed by atoms with Crippen LogP contribution in [-0.2, 0) is 16.1 Å². The summed E-state index contributed by atoms with van der Waals surface area (Å²) in [6.07, 6.45) is 2.28. The molecular weight excluding hydrogens is 448 g/mol. The Hall–Kier alpha value is -3.58. The Morgan fingerprint density at radius 1 is 1.00 bits per heavy atom. The van der Waals surface area contributed by atoms with Crippen molar-refractivity contribution < 1.29 is 19.1 Å². The highest BCUT2D eigenvalue weighted by atomic mass is 32.1. The molecule has 2 heterocycles. The number of ether oxygens (including phenoxy) is 2. The van der Waals surface area contributed by atoms with Crippen molar-refractivity contribution in [1.82, 2.24) is 4.57 Å². The summed E-state index contributed by atoms with van der Waals surface area (Å²) in [4.78, 5) is 26.7. The van der Waals surface area contributed by atoms with E-state index in [1.807, 2.05) is 74.6 Å². The second-order valence-corrected chi connectivity index (χ2v) is 9.01. The maximum atomic E-state index is 12.9. The van der Waals surface area contributed by atoms with Crippen LogP contribution in [0.1, 0.15) is 35.5 Å². The molecule has 6 nitrogen and oxygen atoms in total. The molecule has 34 heavy (non-hydrogen) atoms. The van der Waals surface area contributed by atoms with E-state index in [1.165, 1.54) is 11.3 Å². The van der Waals surface area contributed by atoms with Crippen molar-refractivity contribution in [3.63, 3.8) is 0 Å². The van der Waals surface area contributed by atoms with Gasteiger partial charge in [0.2, 0.25) is 5.91 Å². The number of nitrogens with zero attached hydrogens (tertiary/aromatic N) is 1. The number of aromatic nitrogens is 1. The number of amides is 1. The van der Waals surface area contributed by atoms with Crippen molar-refractivity contribution >= 4 is 39.1 Å². The fourth-order valence-corrected chi connectivity index (χ4v) is 5.09. The van der Waals surface area contributed by atoms with E-state index in [9.17, 15) is 9.59 Å². The van der Waals surface area contributed by atoms with Gasteiger partial charge in [-0.15, -0.1) is 11.3 Å². The van der Waals surface area contributed by atoms with E-state index in [0.29, 0.717) is 23.7 Å². The summed E-state index contributed by atoms with van der Waals surface area (Å²) in [6, 6.07) is 17.7. The molecule has 1 amide bonds. The molecule has 0 spiro atoms. The van der Waals surface area contributed by atoms with Gasteiger partial charge < -0.3 is 19.4 Å². The molecule has 0 unspecified atom stereocenters. The molecule has 0 bridgehead atoms. The van der Waals surface area contributed by atoms with Gasteiger partial charge in [0.05, 0.1) is 13.2 Å². The Bertz CT molecular complexity index is 1300. The highest BCUT2D eigenvalue weighted by molar-refractivity contribution is 7.17. The van der Waals surface area contributed by atoms with Gasteiger partial charge >= 0.3 is 5.97 Å². The first-order valence-corrected chi connectivity index (χ1v) is 12.2. The van der Waals surface area contributed by atoms with Crippen molar-refractivity contribution in [2.75, 3.05) is 18.5 Å². The fraction of sp³-hybridized carbons (Fsp3) is 0.259. The molecule has 7 heteroatoms. The lowest BCUT2D eigenvalue weighted by Gasteiger charge is -2.10. The van der Waals surface area contributed by atoms with E-state index >= 15 is 0 Å². The number of benzene rings is 2. The summed E-state index contributed by atoms with van der Waals surface area (Å²) >= 11 is 1.39. The molecule has 0 radical (unpaired) electrons. The third-order valence-corrected chi connectivity index (χ3v) is 6.55. The third kappa shape index (κ3) is 4.99. The maximum Gasteiger partial charge on any atom is 0.341 e. The number of rotatable bonds is 9. The van der Waals surface area contributed by atoms with Crippen LogP contribution >= 0.6 is 11.3 Å². The second-order valence-electron chi connectivity index (χ2n) is 7.78. The average molecular weight is 477 g/mol. The minimum Gasteiger partial charge on any atom is -0.494 e. The van der Waals surface area contributed by atoms with Crippen LogP contribution in [0.15, 0.2) is 60.8 Å².